The Kier molecular flexibility index (Phi) is 7.34. The molecule has 1 aliphatic carbocycles. The van der Waals surface area contributed by atoms with Gasteiger partial charge in [0.1, 0.15) is 0 Å². The average Bonchev–Trinajstić information content (AvgIpc) is 2.60. The summed E-state index contributed by atoms with van der Waals surface area (Å²) in [6.07, 6.45) is 5.81. The Morgan fingerprint density at radius 3 is 2.60 bits per heavy atom. The van der Waals surface area contributed by atoms with Gasteiger partial charge in [0, 0.05) is 25.9 Å². The Balaban J connectivity index is 1.91. The highest BCUT2D eigenvalue weighted by molar-refractivity contribution is 7.99. The summed E-state index contributed by atoms with van der Waals surface area (Å²) in [6.45, 7) is 1.91. The molecule has 140 valence electrons. The van der Waals surface area contributed by atoms with Crippen LogP contribution in [0.2, 0.25) is 0 Å². The average molecular weight is 385 g/mol. The largest absolute Gasteiger partial charge is 0.352 e. The number of thioether (sulfide) groups is 1. The number of rotatable bonds is 7. The molecule has 1 saturated carbocycles. The first kappa shape index (κ1) is 20.3. The van der Waals surface area contributed by atoms with Crippen molar-refractivity contribution in [2.24, 2.45) is 0 Å². The zero-order valence-corrected chi connectivity index (χ0v) is 16.8. The molecule has 0 spiro atoms. The molecule has 1 aliphatic rings. The van der Waals surface area contributed by atoms with Gasteiger partial charge in [-0.05, 0) is 37.5 Å². The Morgan fingerprint density at radius 2 is 1.96 bits per heavy atom. The minimum Gasteiger partial charge on any atom is -0.352 e. The first-order chi connectivity index (χ1) is 11.8. The van der Waals surface area contributed by atoms with E-state index in [0.717, 1.165) is 18.4 Å². The predicted molar refractivity (Wildman–Crippen MR) is 103 cm³/mol. The number of benzene rings is 1. The molecule has 0 saturated heterocycles. The van der Waals surface area contributed by atoms with E-state index in [1.165, 1.54) is 49.4 Å². The maximum absolute atomic E-state index is 12.3. The Bertz CT molecular complexity index is 683. The molecule has 5 nitrogen and oxygen atoms in total. The third-order valence-electron chi connectivity index (χ3n) is 4.50. The van der Waals surface area contributed by atoms with Gasteiger partial charge < -0.3 is 5.32 Å². The Hall–Kier alpha value is -1.05. The second-order valence-electron chi connectivity index (χ2n) is 6.73. The van der Waals surface area contributed by atoms with E-state index >= 15 is 0 Å². The van der Waals surface area contributed by atoms with Crippen LogP contribution in [-0.4, -0.2) is 44.0 Å². The smallest absolute Gasteiger partial charge is 0.242 e. The molecular formula is C18H28N2O3S2. The highest BCUT2D eigenvalue weighted by Gasteiger charge is 2.21. The maximum Gasteiger partial charge on any atom is 0.242 e. The van der Waals surface area contributed by atoms with E-state index in [1.807, 2.05) is 13.0 Å². The molecule has 1 fully saturated rings. The van der Waals surface area contributed by atoms with Gasteiger partial charge in [-0.1, -0.05) is 31.4 Å². The fourth-order valence-electron chi connectivity index (χ4n) is 2.87. The minimum atomic E-state index is -3.43. The molecule has 0 radical (unpaired) electrons. The van der Waals surface area contributed by atoms with E-state index in [0.29, 0.717) is 11.8 Å². The molecule has 1 amide bonds. The Morgan fingerprint density at radius 1 is 1.28 bits per heavy atom. The van der Waals surface area contributed by atoms with Crippen LogP contribution in [0.5, 0.6) is 0 Å². The molecule has 0 bridgehead atoms. The van der Waals surface area contributed by atoms with E-state index in [9.17, 15) is 13.2 Å². The molecule has 1 atom stereocenters. The topological polar surface area (TPSA) is 66.5 Å². The van der Waals surface area contributed by atoms with Crippen molar-refractivity contribution in [2.45, 2.75) is 61.0 Å². The van der Waals surface area contributed by atoms with Gasteiger partial charge >= 0.3 is 0 Å². The fourth-order valence-corrected chi connectivity index (χ4v) is 4.68. The quantitative estimate of drug-likeness (QED) is 0.785. The third kappa shape index (κ3) is 5.72. The van der Waals surface area contributed by atoms with E-state index < -0.39 is 10.0 Å². The van der Waals surface area contributed by atoms with Gasteiger partial charge in [-0.2, -0.15) is 0 Å². The second kappa shape index (κ2) is 9.05. The molecule has 7 heteroatoms. The van der Waals surface area contributed by atoms with Crippen LogP contribution in [0.3, 0.4) is 0 Å². The number of nitrogens with one attached hydrogen (secondary N) is 1. The van der Waals surface area contributed by atoms with E-state index in [-0.39, 0.29) is 16.1 Å². The third-order valence-corrected chi connectivity index (χ3v) is 7.52. The van der Waals surface area contributed by atoms with Gasteiger partial charge in [0.15, 0.2) is 0 Å². The molecular weight excluding hydrogens is 356 g/mol. The van der Waals surface area contributed by atoms with Crippen molar-refractivity contribution in [3.63, 3.8) is 0 Å². The lowest BCUT2D eigenvalue weighted by Gasteiger charge is -2.24. The van der Waals surface area contributed by atoms with Gasteiger partial charge in [0.05, 0.1) is 10.1 Å². The van der Waals surface area contributed by atoms with E-state index in [2.05, 4.69) is 5.32 Å². The summed E-state index contributed by atoms with van der Waals surface area (Å²) in [5.74, 6) is 0.685. The first-order valence-corrected chi connectivity index (χ1v) is 11.2. The van der Waals surface area contributed by atoms with Gasteiger partial charge in [-0.3, -0.25) is 4.79 Å². The summed E-state index contributed by atoms with van der Waals surface area (Å²) in [7, 11) is -0.384. The van der Waals surface area contributed by atoms with Crippen molar-refractivity contribution in [2.75, 3.05) is 14.1 Å². The molecule has 25 heavy (non-hydrogen) atoms. The first-order valence-electron chi connectivity index (χ1n) is 8.74. The van der Waals surface area contributed by atoms with Crippen LogP contribution in [0, 0.1) is 0 Å². The minimum absolute atomic E-state index is 0.0777. The van der Waals surface area contributed by atoms with Crippen LogP contribution in [0.25, 0.3) is 0 Å². The zero-order chi connectivity index (χ0) is 18.4. The lowest BCUT2D eigenvalue weighted by atomic mass is 9.95. The number of nitrogens with zero attached hydrogens (tertiary/aromatic N) is 1. The Labute approximate surface area is 155 Å². The highest BCUT2D eigenvalue weighted by atomic mass is 32.2. The monoisotopic (exact) mass is 384 g/mol. The maximum atomic E-state index is 12.3. The fraction of sp³-hybridized carbons (Fsp3) is 0.611. The van der Waals surface area contributed by atoms with Crippen LogP contribution < -0.4 is 5.32 Å². The van der Waals surface area contributed by atoms with Gasteiger partial charge in [0.25, 0.3) is 0 Å². The van der Waals surface area contributed by atoms with E-state index in [1.54, 1.807) is 18.2 Å². The normalized spacial score (nSPS) is 17.4. The van der Waals surface area contributed by atoms with Crippen molar-refractivity contribution in [3.05, 3.63) is 29.8 Å². The van der Waals surface area contributed by atoms with Crippen LogP contribution in [0.4, 0.5) is 0 Å². The SMILES string of the molecule is C[C@@H](SCc1cccc(S(=O)(=O)N(C)C)c1)C(=O)NC1CCCCC1. The second-order valence-corrected chi connectivity index (χ2v) is 10.2. The van der Waals surface area contributed by atoms with Crippen molar-refractivity contribution < 1.29 is 13.2 Å². The standard InChI is InChI=1S/C18H28N2O3S2/c1-14(18(21)19-16-9-5-4-6-10-16)24-13-15-8-7-11-17(12-15)25(22,23)20(2)3/h7-8,11-12,14,16H,4-6,9-10,13H2,1-3H3,(H,19,21)/t14-/m1/s1. The summed E-state index contributed by atoms with van der Waals surface area (Å²) < 4.78 is 25.6. The van der Waals surface area contributed by atoms with Crippen LogP contribution in [-0.2, 0) is 20.6 Å². The molecule has 1 aromatic rings. The van der Waals surface area contributed by atoms with Gasteiger partial charge in [-0.15, -0.1) is 11.8 Å². The lowest BCUT2D eigenvalue weighted by Crippen LogP contribution is -2.40. The molecule has 2 rings (SSSR count). The summed E-state index contributed by atoms with van der Waals surface area (Å²) in [4.78, 5) is 12.6. The van der Waals surface area contributed by atoms with Crippen molar-refractivity contribution >= 4 is 27.7 Å². The van der Waals surface area contributed by atoms with E-state index in [4.69, 9.17) is 0 Å². The number of sulfonamides is 1. The molecule has 0 aromatic heterocycles. The van der Waals surface area contributed by atoms with Crippen LogP contribution in [0.1, 0.15) is 44.6 Å². The summed E-state index contributed by atoms with van der Waals surface area (Å²) in [6, 6.07) is 7.25. The van der Waals surface area contributed by atoms with Crippen LogP contribution >= 0.6 is 11.8 Å². The predicted octanol–water partition coefficient (Wildman–Crippen LogP) is 3.01. The molecule has 0 unspecified atom stereocenters. The van der Waals surface area contributed by atoms with Gasteiger partial charge in [0.2, 0.25) is 15.9 Å². The lowest BCUT2D eigenvalue weighted by molar-refractivity contribution is -0.121. The van der Waals surface area contributed by atoms with Crippen molar-refractivity contribution in [3.8, 4) is 0 Å². The molecule has 1 N–H and O–H groups in total. The number of amides is 1. The molecule has 0 aliphatic heterocycles. The summed E-state index contributed by atoms with van der Waals surface area (Å²) in [5, 5.41) is 2.99. The highest BCUT2D eigenvalue weighted by Crippen LogP contribution is 2.22. The zero-order valence-electron chi connectivity index (χ0n) is 15.2. The van der Waals surface area contributed by atoms with Crippen molar-refractivity contribution in [1.29, 1.82) is 0 Å². The number of carbonyl (C=O) groups excluding carboxylic acids is 1. The van der Waals surface area contributed by atoms with Gasteiger partial charge in [-0.25, -0.2) is 12.7 Å². The molecule has 0 heterocycles. The molecule has 1 aromatic carbocycles. The number of carbonyl (C=O) groups is 1. The number of hydrogen-bond acceptors (Lipinski definition) is 4. The number of hydrogen-bond donors (Lipinski definition) is 1. The summed E-state index contributed by atoms with van der Waals surface area (Å²) in [5.41, 5.74) is 0.908. The van der Waals surface area contributed by atoms with Crippen LogP contribution in [0.15, 0.2) is 29.2 Å². The van der Waals surface area contributed by atoms with Crippen molar-refractivity contribution in [1.82, 2.24) is 9.62 Å². The summed E-state index contributed by atoms with van der Waals surface area (Å²) >= 11 is 1.53.